The van der Waals surface area contributed by atoms with Crippen molar-refractivity contribution >= 4 is 45.0 Å². The summed E-state index contributed by atoms with van der Waals surface area (Å²) >= 11 is 12.0. The van der Waals surface area contributed by atoms with Crippen LogP contribution in [0.25, 0.3) is 0 Å². The Morgan fingerprint density at radius 3 is 2.00 bits per heavy atom. The molecule has 0 aliphatic rings. The second-order valence-electron chi connectivity index (χ2n) is 6.00. The zero-order chi connectivity index (χ0) is 22.5. The van der Waals surface area contributed by atoms with Crippen molar-refractivity contribution in [1.82, 2.24) is 15.2 Å². The Kier molecular flexibility index (Phi) is 8.08. The summed E-state index contributed by atoms with van der Waals surface area (Å²) in [5.41, 5.74) is 4.64. The standard InChI is InChI=1S/C19H21Cl2N3O5S/c1-4-24(5-2)30(27,28)14-8-6-7-12(9-14)18(25)22-23-19(26)13-10-15(20)17(29-3)16(21)11-13/h6-11H,4-5H2,1-3H3,(H,22,25)(H,23,26). The first kappa shape index (κ1) is 23.9. The number of hydrogen-bond donors (Lipinski definition) is 2. The van der Waals surface area contributed by atoms with Gasteiger partial charge >= 0.3 is 0 Å². The van der Waals surface area contributed by atoms with Gasteiger partial charge in [0.2, 0.25) is 10.0 Å². The highest BCUT2D eigenvalue weighted by atomic mass is 35.5. The smallest absolute Gasteiger partial charge is 0.269 e. The minimum atomic E-state index is -3.72. The highest BCUT2D eigenvalue weighted by molar-refractivity contribution is 7.89. The van der Waals surface area contributed by atoms with Crippen LogP contribution in [0.15, 0.2) is 41.3 Å². The zero-order valence-corrected chi connectivity index (χ0v) is 18.9. The number of carbonyl (C=O) groups excluding carboxylic acids is 2. The molecular weight excluding hydrogens is 453 g/mol. The fourth-order valence-electron chi connectivity index (χ4n) is 2.65. The van der Waals surface area contributed by atoms with E-state index in [1.807, 2.05) is 0 Å². The fraction of sp³-hybridized carbons (Fsp3) is 0.263. The predicted molar refractivity (Wildman–Crippen MR) is 114 cm³/mol. The van der Waals surface area contributed by atoms with E-state index >= 15 is 0 Å². The van der Waals surface area contributed by atoms with Gasteiger partial charge in [-0.3, -0.25) is 20.4 Å². The number of halogens is 2. The molecule has 0 atom stereocenters. The van der Waals surface area contributed by atoms with Crippen LogP contribution in [-0.4, -0.2) is 44.7 Å². The first-order valence-electron chi connectivity index (χ1n) is 8.89. The van der Waals surface area contributed by atoms with Crippen LogP contribution in [0.2, 0.25) is 10.0 Å². The highest BCUT2D eigenvalue weighted by Crippen LogP contribution is 2.33. The minimum absolute atomic E-state index is 0.0149. The van der Waals surface area contributed by atoms with E-state index in [0.717, 1.165) is 0 Å². The SMILES string of the molecule is CCN(CC)S(=O)(=O)c1cccc(C(=O)NNC(=O)c2cc(Cl)c(OC)c(Cl)c2)c1. The van der Waals surface area contributed by atoms with Gasteiger partial charge in [-0.05, 0) is 30.3 Å². The Balaban J connectivity index is 2.15. The molecule has 11 heteroatoms. The topological polar surface area (TPSA) is 105 Å². The van der Waals surface area contributed by atoms with Crippen molar-refractivity contribution in [1.29, 1.82) is 0 Å². The summed E-state index contributed by atoms with van der Waals surface area (Å²) in [6.07, 6.45) is 0. The number of sulfonamides is 1. The third-order valence-electron chi connectivity index (χ3n) is 4.19. The van der Waals surface area contributed by atoms with Gasteiger partial charge in [0.1, 0.15) is 0 Å². The van der Waals surface area contributed by atoms with Crippen LogP contribution in [0.3, 0.4) is 0 Å². The molecule has 0 saturated heterocycles. The molecule has 8 nitrogen and oxygen atoms in total. The summed E-state index contributed by atoms with van der Waals surface area (Å²) in [7, 11) is -2.33. The Bertz CT molecular complexity index is 1030. The molecule has 0 aromatic heterocycles. The number of methoxy groups -OCH3 is 1. The van der Waals surface area contributed by atoms with E-state index in [1.54, 1.807) is 13.8 Å². The number of rotatable bonds is 7. The van der Waals surface area contributed by atoms with Crippen molar-refractivity contribution in [3.63, 3.8) is 0 Å². The molecule has 0 radical (unpaired) electrons. The van der Waals surface area contributed by atoms with Gasteiger partial charge < -0.3 is 4.74 Å². The van der Waals surface area contributed by atoms with Crippen molar-refractivity contribution in [2.75, 3.05) is 20.2 Å². The lowest BCUT2D eigenvalue weighted by atomic mass is 10.2. The van der Waals surface area contributed by atoms with Gasteiger partial charge in [0.05, 0.1) is 22.1 Å². The molecule has 0 aliphatic carbocycles. The molecule has 0 unspecified atom stereocenters. The zero-order valence-electron chi connectivity index (χ0n) is 16.5. The number of nitrogens with one attached hydrogen (secondary N) is 2. The average Bonchev–Trinajstić information content (AvgIpc) is 2.72. The van der Waals surface area contributed by atoms with E-state index in [2.05, 4.69) is 10.9 Å². The van der Waals surface area contributed by atoms with Gasteiger partial charge in [-0.25, -0.2) is 8.42 Å². The Morgan fingerprint density at radius 1 is 0.967 bits per heavy atom. The van der Waals surface area contributed by atoms with E-state index in [1.165, 1.54) is 47.8 Å². The maximum Gasteiger partial charge on any atom is 0.269 e. The van der Waals surface area contributed by atoms with Crippen LogP contribution in [0.5, 0.6) is 5.75 Å². The van der Waals surface area contributed by atoms with E-state index in [4.69, 9.17) is 27.9 Å². The van der Waals surface area contributed by atoms with Crippen LogP contribution >= 0.6 is 23.2 Å². The Hall–Kier alpha value is -2.33. The molecule has 0 spiro atoms. The normalized spacial score (nSPS) is 11.3. The molecule has 162 valence electrons. The number of hydrogen-bond acceptors (Lipinski definition) is 5. The summed E-state index contributed by atoms with van der Waals surface area (Å²) < 4.78 is 31.6. The molecule has 2 N–H and O–H groups in total. The monoisotopic (exact) mass is 473 g/mol. The number of ether oxygens (including phenoxy) is 1. The molecule has 30 heavy (non-hydrogen) atoms. The predicted octanol–water partition coefficient (Wildman–Crippen LogP) is 3.11. The summed E-state index contributed by atoms with van der Waals surface area (Å²) in [5, 5.41) is 0.270. The lowest BCUT2D eigenvalue weighted by Crippen LogP contribution is -2.41. The van der Waals surface area contributed by atoms with Gasteiger partial charge in [-0.15, -0.1) is 0 Å². The third kappa shape index (κ3) is 5.23. The van der Waals surface area contributed by atoms with Crippen molar-refractivity contribution in [3.8, 4) is 5.75 Å². The van der Waals surface area contributed by atoms with E-state index in [-0.39, 0.29) is 31.8 Å². The molecule has 2 aromatic carbocycles. The van der Waals surface area contributed by atoms with Crippen molar-refractivity contribution in [2.45, 2.75) is 18.7 Å². The lowest BCUT2D eigenvalue weighted by Gasteiger charge is -2.18. The molecule has 0 bridgehead atoms. The highest BCUT2D eigenvalue weighted by Gasteiger charge is 2.22. The second kappa shape index (κ2) is 10.1. The Morgan fingerprint density at radius 2 is 1.50 bits per heavy atom. The molecule has 0 saturated carbocycles. The minimum Gasteiger partial charge on any atom is -0.494 e. The number of benzene rings is 2. The van der Waals surface area contributed by atoms with Crippen LogP contribution in [0, 0.1) is 0 Å². The molecule has 2 aromatic rings. The van der Waals surface area contributed by atoms with Crippen molar-refractivity contribution in [3.05, 3.63) is 57.6 Å². The molecule has 0 heterocycles. The van der Waals surface area contributed by atoms with Crippen LogP contribution < -0.4 is 15.6 Å². The molecule has 2 amide bonds. The first-order valence-corrected chi connectivity index (χ1v) is 11.1. The summed E-state index contributed by atoms with van der Waals surface area (Å²) in [6, 6.07) is 8.22. The van der Waals surface area contributed by atoms with Gasteiger partial charge in [-0.2, -0.15) is 4.31 Å². The van der Waals surface area contributed by atoms with E-state index in [9.17, 15) is 18.0 Å². The average molecular weight is 474 g/mol. The fourth-order valence-corrected chi connectivity index (χ4v) is 4.80. The molecular formula is C19H21Cl2N3O5S. The van der Waals surface area contributed by atoms with Gasteiger partial charge in [0.15, 0.2) is 5.75 Å². The number of carbonyl (C=O) groups is 2. The number of nitrogens with zero attached hydrogens (tertiary/aromatic N) is 1. The van der Waals surface area contributed by atoms with Crippen molar-refractivity contribution < 1.29 is 22.7 Å². The summed E-state index contributed by atoms with van der Waals surface area (Å²) in [6.45, 7) is 4.06. The summed E-state index contributed by atoms with van der Waals surface area (Å²) in [4.78, 5) is 24.7. The molecule has 0 fully saturated rings. The van der Waals surface area contributed by atoms with Gasteiger partial charge in [0, 0.05) is 24.2 Å². The first-order chi connectivity index (χ1) is 14.1. The third-order valence-corrected chi connectivity index (χ3v) is 6.80. The quantitative estimate of drug-likeness (QED) is 0.601. The molecule has 0 aliphatic heterocycles. The number of amides is 2. The van der Waals surface area contributed by atoms with Gasteiger partial charge in [0.25, 0.3) is 11.8 Å². The van der Waals surface area contributed by atoms with Crippen LogP contribution in [0.4, 0.5) is 0 Å². The van der Waals surface area contributed by atoms with Crippen LogP contribution in [0.1, 0.15) is 34.6 Å². The second-order valence-corrected chi connectivity index (χ2v) is 8.75. The largest absolute Gasteiger partial charge is 0.494 e. The lowest BCUT2D eigenvalue weighted by molar-refractivity contribution is 0.0846. The maximum atomic E-state index is 12.6. The number of hydrazine groups is 1. The maximum absolute atomic E-state index is 12.6. The molecule has 2 rings (SSSR count). The van der Waals surface area contributed by atoms with E-state index < -0.39 is 21.8 Å². The van der Waals surface area contributed by atoms with Crippen LogP contribution in [-0.2, 0) is 10.0 Å². The Labute approximate surface area is 185 Å². The summed E-state index contributed by atoms with van der Waals surface area (Å²) in [5.74, 6) is -1.13. The van der Waals surface area contributed by atoms with Gasteiger partial charge in [-0.1, -0.05) is 43.1 Å². The van der Waals surface area contributed by atoms with E-state index in [0.29, 0.717) is 13.1 Å². The van der Waals surface area contributed by atoms with Crippen molar-refractivity contribution in [2.24, 2.45) is 0 Å².